The Morgan fingerprint density at radius 2 is 1.89 bits per heavy atom. The van der Waals surface area contributed by atoms with Crippen LogP contribution in [0.3, 0.4) is 0 Å². The molecular formula is C15H34N2O2. The summed E-state index contributed by atoms with van der Waals surface area (Å²) >= 11 is 0. The van der Waals surface area contributed by atoms with E-state index < -0.39 is 0 Å². The van der Waals surface area contributed by atoms with E-state index in [-0.39, 0.29) is 0 Å². The van der Waals surface area contributed by atoms with Gasteiger partial charge in [-0.3, -0.25) is 0 Å². The fourth-order valence-corrected chi connectivity index (χ4v) is 2.29. The number of ether oxygens (including phenoxy) is 2. The zero-order chi connectivity index (χ0) is 14.3. The highest BCUT2D eigenvalue weighted by Crippen LogP contribution is 2.14. The lowest BCUT2D eigenvalue weighted by Gasteiger charge is -2.31. The minimum absolute atomic E-state index is 0.699. The van der Waals surface area contributed by atoms with Gasteiger partial charge in [0.15, 0.2) is 0 Å². The molecule has 0 radical (unpaired) electrons. The molecule has 1 unspecified atom stereocenters. The molecule has 19 heavy (non-hydrogen) atoms. The van der Waals surface area contributed by atoms with E-state index in [1.807, 2.05) is 13.8 Å². The Morgan fingerprint density at radius 3 is 2.58 bits per heavy atom. The highest BCUT2D eigenvalue weighted by Gasteiger charge is 2.17. The van der Waals surface area contributed by atoms with Crippen LogP contribution < -0.4 is 5.73 Å². The Kier molecular flexibility index (Phi) is 14.1. The number of nitrogens with zero attached hydrogens (tertiary/aromatic N) is 1. The Morgan fingerprint density at radius 1 is 1.16 bits per heavy atom. The van der Waals surface area contributed by atoms with E-state index in [1.165, 1.54) is 19.4 Å². The molecule has 1 aliphatic rings. The van der Waals surface area contributed by atoms with Gasteiger partial charge in [-0.15, -0.1) is 0 Å². The summed E-state index contributed by atoms with van der Waals surface area (Å²) in [5.74, 6) is 0.699. The summed E-state index contributed by atoms with van der Waals surface area (Å²) in [6.45, 7) is 10.8. The fraction of sp³-hybridized carbons (Fsp3) is 1.00. The zero-order valence-electron chi connectivity index (χ0n) is 13.2. The first kappa shape index (κ1) is 18.8. The van der Waals surface area contributed by atoms with Crippen LogP contribution in [0.5, 0.6) is 0 Å². The molecule has 1 atom stereocenters. The normalized spacial score (nSPS) is 19.9. The lowest BCUT2D eigenvalue weighted by Crippen LogP contribution is -2.40. The minimum Gasteiger partial charge on any atom is -0.385 e. The standard InChI is InChI=1S/C13H28N2O2.C2H6/c1-16-8-2-3-9-17-10-7-15-6-4-5-13(11-14)12-15;1-2/h13H,2-12,14H2,1H3;1-2H3. The van der Waals surface area contributed by atoms with Crippen LogP contribution in [-0.4, -0.2) is 58.0 Å². The number of hydrogen-bond donors (Lipinski definition) is 1. The Balaban J connectivity index is 0.00000154. The molecule has 0 aromatic heterocycles. The van der Waals surface area contributed by atoms with Crippen molar-refractivity contribution in [1.82, 2.24) is 4.90 Å². The monoisotopic (exact) mass is 274 g/mol. The van der Waals surface area contributed by atoms with Crippen LogP contribution in [0.1, 0.15) is 39.5 Å². The summed E-state index contributed by atoms with van der Waals surface area (Å²) in [5, 5.41) is 0. The average molecular weight is 274 g/mol. The van der Waals surface area contributed by atoms with Crippen LogP contribution in [-0.2, 0) is 9.47 Å². The third kappa shape index (κ3) is 10.3. The topological polar surface area (TPSA) is 47.7 Å². The van der Waals surface area contributed by atoms with Crippen molar-refractivity contribution in [2.24, 2.45) is 11.7 Å². The number of rotatable bonds is 9. The number of likely N-dealkylation sites (tertiary alicyclic amines) is 1. The second kappa shape index (κ2) is 14.3. The van der Waals surface area contributed by atoms with E-state index in [4.69, 9.17) is 15.2 Å². The maximum Gasteiger partial charge on any atom is 0.0593 e. The summed E-state index contributed by atoms with van der Waals surface area (Å²) in [5.41, 5.74) is 5.72. The molecule has 0 spiro atoms. The molecule has 1 rings (SSSR count). The predicted octanol–water partition coefficient (Wildman–Crippen LogP) is 2.13. The molecule has 1 fully saturated rings. The molecule has 0 aliphatic carbocycles. The Labute approximate surface area is 119 Å². The lowest BCUT2D eigenvalue weighted by molar-refractivity contribution is 0.0800. The first-order valence-electron chi connectivity index (χ1n) is 7.86. The van der Waals surface area contributed by atoms with Crippen LogP contribution in [0, 0.1) is 5.92 Å². The van der Waals surface area contributed by atoms with Crippen molar-refractivity contribution in [1.29, 1.82) is 0 Å². The third-order valence-electron chi connectivity index (χ3n) is 3.38. The first-order valence-corrected chi connectivity index (χ1v) is 7.86. The molecule has 4 nitrogen and oxygen atoms in total. The van der Waals surface area contributed by atoms with Gasteiger partial charge >= 0.3 is 0 Å². The molecule has 1 saturated heterocycles. The predicted molar refractivity (Wildman–Crippen MR) is 81.5 cm³/mol. The van der Waals surface area contributed by atoms with E-state index in [9.17, 15) is 0 Å². The maximum absolute atomic E-state index is 5.72. The van der Waals surface area contributed by atoms with E-state index in [0.29, 0.717) is 5.92 Å². The zero-order valence-corrected chi connectivity index (χ0v) is 13.2. The number of hydrogen-bond acceptors (Lipinski definition) is 4. The third-order valence-corrected chi connectivity index (χ3v) is 3.38. The van der Waals surface area contributed by atoms with Gasteiger partial charge in [-0.05, 0) is 44.7 Å². The molecule has 116 valence electrons. The van der Waals surface area contributed by atoms with Gasteiger partial charge in [-0.25, -0.2) is 0 Å². The summed E-state index contributed by atoms with van der Waals surface area (Å²) in [6.07, 6.45) is 4.77. The molecule has 1 heterocycles. The van der Waals surface area contributed by atoms with Gasteiger partial charge in [0.2, 0.25) is 0 Å². The molecule has 0 saturated carbocycles. The van der Waals surface area contributed by atoms with E-state index in [0.717, 1.165) is 52.3 Å². The largest absolute Gasteiger partial charge is 0.385 e. The molecule has 2 N–H and O–H groups in total. The van der Waals surface area contributed by atoms with Crippen LogP contribution in [0.2, 0.25) is 0 Å². The second-order valence-corrected chi connectivity index (χ2v) is 4.86. The van der Waals surface area contributed by atoms with E-state index in [2.05, 4.69) is 4.90 Å². The Hall–Kier alpha value is -0.160. The van der Waals surface area contributed by atoms with Crippen LogP contribution in [0.15, 0.2) is 0 Å². The van der Waals surface area contributed by atoms with Crippen molar-refractivity contribution in [3.05, 3.63) is 0 Å². The van der Waals surface area contributed by atoms with Gasteiger partial charge < -0.3 is 20.1 Å². The lowest BCUT2D eigenvalue weighted by atomic mass is 9.98. The van der Waals surface area contributed by atoms with Crippen molar-refractivity contribution in [2.45, 2.75) is 39.5 Å². The summed E-state index contributed by atoms with van der Waals surface area (Å²) in [6, 6.07) is 0. The summed E-state index contributed by atoms with van der Waals surface area (Å²) < 4.78 is 10.6. The van der Waals surface area contributed by atoms with Crippen molar-refractivity contribution in [3.8, 4) is 0 Å². The number of methoxy groups -OCH3 is 1. The fourth-order valence-electron chi connectivity index (χ4n) is 2.29. The van der Waals surface area contributed by atoms with Gasteiger partial charge in [0.1, 0.15) is 0 Å². The van der Waals surface area contributed by atoms with Gasteiger partial charge in [0.05, 0.1) is 6.61 Å². The van der Waals surface area contributed by atoms with Crippen LogP contribution in [0.25, 0.3) is 0 Å². The highest BCUT2D eigenvalue weighted by atomic mass is 16.5. The Bertz CT molecular complexity index is 180. The van der Waals surface area contributed by atoms with Gasteiger partial charge in [-0.1, -0.05) is 13.8 Å². The molecule has 1 aliphatic heterocycles. The van der Waals surface area contributed by atoms with Crippen molar-refractivity contribution in [3.63, 3.8) is 0 Å². The van der Waals surface area contributed by atoms with Gasteiger partial charge in [0.25, 0.3) is 0 Å². The van der Waals surface area contributed by atoms with Crippen LogP contribution >= 0.6 is 0 Å². The van der Waals surface area contributed by atoms with E-state index in [1.54, 1.807) is 7.11 Å². The number of unbranched alkanes of at least 4 members (excludes halogenated alkanes) is 1. The van der Waals surface area contributed by atoms with Crippen molar-refractivity contribution in [2.75, 3.05) is 53.1 Å². The summed E-state index contributed by atoms with van der Waals surface area (Å²) in [7, 11) is 1.74. The smallest absolute Gasteiger partial charge is 0.0593 e. The molecule has 0 amide bonds. The number of nitrogens with two attached hydrogens (primary N) is 1. The second-order valence-electron chi connectivity index (χ2n) is 4.86. The molecule has 0 aromatic carbocycles. The average Bonchev–Trinajstić information content (AvgIpc) is 2.48. The quantitative estimate of drug-likeness (QED) is 0.654. The van der Waals surface area contributed by atoms with Gasteiger partial charge in [-0.2, -0.15) is 0 Å². The van der Waals surface area contributed by atoms with Crippen LogP contribution in [0.4, 0.5) is 0 Å². The first-order chi connectivity index (χ1) is 9.36. The molecule has 4 heteroatoms. The SMILES string of the molecule is CC.COCCCCOCCN1CCCC(CN)C1. The highest BCUT2D eigenvalue weighted by molar-refractivity contribution is 4.73. The molecule has 0 bridgehead atoms. The maximum atomic E-state index is 5.72. The number of piperidine rings is 1. The van der Waals surface area contributed by atoms with Crippen molar-refractivity contribution < 1.29 is 9.47 Å². The minimum atomic E-state index is 0.699. The molecule has 0 aromatic rings. The summed E-state index contributed by atoms with van der Waals surface area (Å²) in [4.78, 5) is 2.48. The molecular weight excluding hydrogens is 240 g/mol. The van der Waals surface area contributed by atoms with E-state index >= 15 is 0 Å². The van der Waals surface area contributed by atoms with Crippen molar-refractivity contribution >= 4 is 0 Å². The van der Waals surface area contributed by atoms with Gasteiger partial charge in [0, 0.05) is 33.4 Å².